The fourth-order valence-corrected chi connectivity index (χ4v) is 3.72. The van der Waals surface area contributed by atoms with Gasteiger partial charge >= 0.3 is 0 Å². The Hall–Kier alpha value is -3.65. The van der Waals surface area contributed by atoms with E-state index < -0.39 is 0 Å². The lowest BCUT2D eigenvalue weighted by molar-refractivity contribution is -0.121. The number of halogens is 1. The maximum absolute atomic E-state index is 13.1. The molecule has 8 nitrogen and oxygen atoms in total. The van der Waals surface area contributed by atoms with Crippen LogP contribution in [0.2, 0.25) is 5.02 Å². The highest BCUT2D eigenvalue weighted by molar-refractivity contribution is 6.33. The number of fused-ring (bicyclic) bond motifs is 1. The van der Waals surface area contributed by atoms with E-state index in [0.717, 1.165) is 5.56 Å². The summed E-state index contributed by atoms with van der Waals surface area (Å²) in [6.45, 7) is 2.73. The predicted molar refractivity (Wildman–Crippen MR) is 126 cm³/mol. The van der Waals surface area contributed by atoms with Crippen LogP contribution in [-0.4, -0.2) is 34.3 Å². The second-order valence-corrected chi connectivity index (χ2v) is 8.07. The van der Waals surface area contributed by atoms with Crippen LogP contribution in [0.5, 0.6) is 5.75 Å². The zero-order valence-corrected chi connectivity index (χ0v) is 19.0. The standard InChI is InChI=1S/C24H23ClN4O4/c1-15(16-6-4-3-5-7-16)13-26-20(30)10-11-29-14-27-23-21(24(29)31)22(28-33-23)18-12-17(32-2)8-9-19(18)25/h3-9,12,14-15H,10-11,13H2,1-2H3,(H,26,30)/t15-/m1/s1. The van der Waals surface area contributed by atoms with Crippen LogP contribution in [0.4, 0.5) is 0 Å². The van der Waals surface area contributed by atoms with E-state index in [2.05, 4.69) is 22.4 Å². The van der Waals surface area contributed by atoms with Crippen molar-refractivity contribution < 1.29 is 14.1 Å². The molecule has 2 aromatic heterocycles. The molecule has 0 fully saturated rings. The highest BCUT2D eigenvalue weighted by Gasteiger charge is 2.20. The number of nitrogens with one attached hydrogen (secondary N) is 1. The Morgan fingerprint density at radius 2 is 2.03 bits per heavy atom. The molecule has 1 amide bonds. The molecular weight excluding hydrogens is 444 g/mol. The van der Waals surface area contributed by atoms with E-state index in [1.54, 1.807) is 18.2 Å². The summed E-state index contributed by atoms with van der Waals surface area (Å²) >= 11 is 6.32. The highest BCUT2D eigenvalue weighted by atomic mass is 35.5. The molecular formula is C24H23ClN4O4. The molecule has 0 aliphatic heterocycles. The Labute approximate surface area is 195 Å². The first-order chi connectivity index (χ1) is 16.0. The predicted octanol–water partition coefficient (Wildman–Crippen LogP) is 4.02. The number of hydrogen-bond acceptors (Lipinski definition) is 6. The van der Waals surface area contributed by atoms with Gasteiger partial charge in [0.05, 0.1) is 12.1 Å². The van der Waals surface area contributed by atoms with Crippen LogP contribution in [0, 0.1) is 0 Å². The van der Waals surface area contributed by atoms with E-state index in [1.807, 2.05) is 30.3 Å². The van der Waals surface area contributed by atoms with Gasteiger partial charge in [-0.15, -0.1) is 0 Å². The zero-order valence-electron chi connectivity index (χ0n) is 18.2. The number of rotatable bonds is 8. The molecule has 2 heterocycles. The van der Waals surface area contributed by atoms with Gasteiger partial charge in [-0.2, -0.15) is 0 Å². The molecule has 0 aliphatic carbocycles. The molecule has 0 aliphatic rings. The van der Waals surface area contributed by atoms with E-state index >= 15 is 0 Å². The van der Waals surface area contributed by atoms with Crippen LogP contribution in [0.25, 0.3) is 22.4 Å². The van der Waals surface area contributed by atoms with E-state index in [-0.39, 0.29) is 47.1 Å². The lowest BCUT2D eigenvalue weighted by Crippen LogP contribution is -2.30. The molecule has 0 spiro atoms. The SMILES string of the molecule is COc1ccc(Cl)c(-c2noc3ncn(CCC(=O)NC[C@@H](C)c4ccccc4)c(=O)c23)c1. The lowest BCUT2D eigenvalue weighted by Gasteiger charge is -2.13. The number of carbonyl (C=O) groups excluding carboxylic acids is 1. The molecule has 0 bridgehead atoms. The Balaban J connectivity index is 1.49. The van der Waals surface area contributed by atoms with Gasteiger partial charge in [-0.25, -0.2) is 4.98 Å². The molecule has 0 saturated carbocycles. The topological polar surface area (TPSA) is 99.2 Å². The third-order valence-electron chi connectivity index (χ3n) is 5.45. The largest absolute Gasteiger partial charge is 0.497 e. The van der Waals surface area contributed by atoms with Gasteiger partial charge in [0.1, 0.15) is 23.2 Å². The van der Waals surface area contributed by atoms with Gasteiger partial charge in [-0.05, 0) is 29.7 Å². The van der Waals surface area contributed by atoms with Crippen LogP contribution in [-0.2, 0) is 11.3 Å². The third-order valence-corrected chi connectivity index (χ3v) is 5.78. The molecule has 4 aromatic rings. The first-order valence-electron chi connectivity index (χ1n) is 10.5. The summed E-state index contributed by atoms with van der Waals surface area (Å²) in [5.74, 6) is 0.602. The molecule has 4 rings (SSSR count). The van der Waals surface area contributed by atoms with Gasteiger partial charge in [0.2, 0.25) is 5.91 Å². The van der Waals surface area contributed by atoms with Crippen molar-refractivity contribution in [2.75, 3.05) is 13.7 Å². The summed E-state index contributed by atoms with van der Waals surface area (Å²) in [6, 6.07) is 15.0. The molecule has 0 saturated heterocycles. The Bertz CT molecular complexity index is 1330. The molecule has 0 radical (unpaired) electrons. The first kappa shape index (κ1) is 22.5. The van der Waals surface area contributed by atoms with Gasteiger partial charge in [-0.3, -0.25) is 14.2 Å². The van der Waals surface area contributed by atoms with Crippen LogP contribution in [0.1, 0.15) is 24.8 Å². The van der Waals surface area contributed by atoms with Gasteiger partial charge in [0.15, 0.2) is 0 Å². The number of aryl methyl sites for hydroxylation is 1. The second-order valence-electron chi connectivity index (χ2n) is 7.67. The number of aromatic nitrogens is 3. The summed E-state index contributed by atoms with van der Waals surface area (Å²) in [7, 11) is 1.54. The molecule has 170 valence electrons. The molecule has 2 aromatic carbocycles. The average molecular weight is 467 g/mol. The van der Waals surface area contributed by atoms with Crippen LogP contribution in [0.15, 0.2) is 64.2 Å². The monoisotopic (exact) mass is 466 g/mol. The highest BCUT2D eigenvalue weighted by Crippen LogP contribution is 2.33. The first-order valence-corrected chi connectivity index (χ1v) is 10.9. The van der Waals surface area contributed by atoms with E-state index in [9.17, 15) is 9.59 Å². The van der Waals surface area contributed by atoms with Crippen molar-refractivity contribution in [3.63, 3.8) is 0 Å². The number of carbonyl (C=O) groups is 1. The van der Waals surface area contributed by atoms with Crippen molar-refractivity contribution in [2.24, 2.45) is 0 Å². The summed E-state index contributed by atoms with van der Waals surface area (Å²) in [6.07, 6.45) is 1.49. The maximum Gasteiger partial charge on any atom is 0.266 e. The van der Waals surface area contributed by atoms with Gasteiger partial charge in [0, 0.05) is 25.1 Å². The minimum absolute atomic E-state index is 0.103. The minimum atomic E-state index is -0.361. The van der Waals surface area contributed by atoms with Gasteiger partial charge in [-0.1, -0.05) is 54.0 Å². The Morgan fingerprint density at radius 3 is 2.79 bits per heavy atom. The third kappa shape index (κ3) is 4.90. The number of nitrogens with zero attached hydrogens (tertiary/aromatic N) is 3. The fourth-order valence-electron chi connectivity index (χ4n) is 3.51. The zero-order chi connectivity index (χ0) is 23.4. The second kappa shape index (κ2) is 9.87. The lowest BCUT2D eigenvalue weighted by atomic mass is 10.0. The van der Waals surface area contributed by atoms with Crippen molar-refractivity contribution >= 4 is 28.6 Å². The molecule has 9 heteroatoms. The number of methoxy groups -OCH3 is 1. The summed E-state index contributed by atoms with van der Waals surface area (Å²) < 4.78 is 11.9. The van der Waals surface area contributed by atoms with Gasteiger partial charge < -0.3 is 14.6 Å². The number of ether oxygens (including phenoxy) is 1. The van der Waals surface area contributed by atoms with E-state index in [1.165, 1.54) is 18.0 Å². The molecule has 1 atom stereocenters. The maximum atomic E-state index is 13.1. The minimum Gasteiger partial charge on any atom is -0.497 e. The fraction of sp³-hybridized carbons (Fsp3) is 0.250. The van der Waals surface area contributed by atoms with Crippen molar-refractivity contribution in [3.8, 4) is 17.0 Å². The van der Waals surface area contributed by atoms with Crippen LogP contribution >= 0.6 is 11.6 Å². The summed E-state index contributed by atoms with van der Waals surface area (Å²) in [5.41, 5.74) is 1.67. The van der Waals surface area contributed by atoms with Crippen molar-refractivity contribution in [1.82, 2.24) is 20.0 Å². The number of benzene rings is 2. The number of hydrogen-bond donors (Lipinski definition) is 1. The average Bonchev–Trinajstić information content (AvgIpc) is 3.27. The van der Waals surface area contributed by atoms with Crippen LogP contribution in [0.3, 0.4) is 0 Å². The van der Waals surface area contributed by atoms with E-state index in [0.29, 0.717) is 22.9 Å². The Morgan fingerprint density at radius 1 is 1.24 bits per heavy atom. The molecule has 0 unspecified atom stereocenters. The molecule has 1 N–H and O–H groups in total. The normalized spacial score (nSPS) is 12.0. The summed E-state index contributed by atoms with van der Waals surface area (Å²) in [4.78, 5) is 29.7. The Kier molecular flexibility index (Phi) is 6.74. The smallest absolute Gasteiger partial charge is 0.266 e. The number of amides is 1. The quantitative estimate of drug-likeness (QED) is 0.421. The van der Waals surface area contributed by atoms with Crippen molar-refractivity contribution in [1.29, 1.82) is 0 Å². The van der Waals surface area contributed by atoms with Crippen molar-refractivity contribution in [3.05, 3.63) is 75.8 Å². The van der Waals surface area contributed by atoms with Crippen LogP contribution < -0.4 is 15.6 Å². The van der Waals surface area contributed by atoms with Crippen molar-refractivity contribution in [2.45, 2.75) is 25.8 Å². The molecule has 33 heavy (non-hydrogen) atoms. The van der Waals surface area contributed by atoms with Gasteiger partial charge in [0.25, 0.3) is 11.3 Å². The summed E-state index contributed by atoms with van der Waals surface area (Å²) in [5, 5.41) is 7.53. The van der Waals surface area contributed by atoms with E-state index in [4.69, 9.17) is 20.9 Å².